The SMILES string of the molecule is O=C(Cc1csc(N2CCNC2=O)n1)NCc1ccnc(Oc2ccc(F)cc2)c1. The number of ether oxygens (including phenoxy) is 1. The van der Waals surface area contributed by atoms with Crippen molar-refractivity contribution in [2.45, 2.75) is 13.0 Å². The van der Waals surface area contributed by atoms with E-state index in [0.29, 0.717) is 42.1 Å². The van der Waals surface area contributed by atoms with Gasteiger partial charge in [-0.25, -0.2) is 19.2 Å². The highest BCUT2D eigenvalue weighted by Gasteiger charge is 2.24. The number of urea groups is 1. The third kappa shape index (κ3) is 4.90. The zero-order valence-electron chi connectivity index (χ0n) is 15.8. The van der Waals surface area contributed by atoms with Crippen LogP contribution >= 0.6 is 11.3 Å². The van der Waals surface area contributed by atoms with Gasteiger partial charge in [0.1, 0.15) is 11.6 Å². The maximum atomic E-state index is 13.0. The Morgan fingerprint density at radius 3 is 2.90 bits per heavy atom. The summed E-state index contributed by atoms with van der Waals surface area (Å²) in [5.41, 5.74) is 1.42. The van der Waals surface area contributed by atoms with Crippen molar-refractivity contribution < 1.29 is 18.7 Å². The summed E-state index contributed by atoms with van der Waals surface area (Å²) in [5.74, 6) is 0.288. The molecule has 10 heteroatoms. The zero-order chi connectivity index (χ0) is 20.9. The van der Waals surface area contributed by atoms with E-state index in [1.165, 1.54) is 35.6 Å². The number of hydrogen-bond acceptors (Lipinski definition) is 6. The molecule has 0 unspecified atom stereocenters. The number of benzene rings is 1. The second-order valence-electron chi connectivity index (χ2n) is 6.52. The number of carbonyl (C=O) groups excluding carboxylic acids is 2. The smallest absolute Gasteiger partial charge is 0.323 e. The summed E-state index contributed by atoms with van der Waals surface area (Å²) in [6.45, 7) is 1.46. The van der Waals surface area contributed by atoms with Gasteiger partial charge >= 0.3 is 6.03 Å². The third-order valence-corrected chi connectivity index (χ3v) is 5.21. The molecule has 3 amide bonds. The molecule has 2 aromatic heterocycles. The lowest BCUT2D eigenvalue weighted by atomic mass is 10.2. The Balaban J connectivity index is 1.30. The Kier molecular flexibility index (Phi) is 5.84. The van der Waals surface area contributed by atoms with Gasteiger partial charge in [0.15, 0.2) is 5.13 Å². The molecule has 1 fully saturated rings. The molecule has 0 aliphatic carbocycles. The van der Waals surface area contributed by atoms with Crippen LogP contribution in [-0.2, 0) is 17.8 Å². The molecule has 0 bridgehead atoms. The van der Waals surface area contributed by atoms with Gasteiger partial charge in [-0.05, 0) is 35.9 Å². The molecule has 3 heterocycles. The maximum absolute atomic E-state index is 13.0. The number of rotatable bonds is 7. The van der Waals surface area contributed by atoms with E-state index in [4.69, 9.17) is 4.74 Å². The number of pyridine rings is 1. The van der Waals surface area contributed by atoms with Crippen molar-refractivity contribution in [1.82, 2.24) is 20.6 Å². The summed E-state index contributed by atoms with van der Waals surface area (Å²) in [4.78, 5) is 34.0. The molecule has 1 aliphatic heterocycles. The number of thiazole rings is 1. The van der Waals surface area contributed by atoms with Gasteiger partial charge < -0.3 is 15.4 Å². The normalized spacial score (nSPS) is 13.2. The van der Waals surface area contributed by atoms with Crippen LogP contribution in [-0.4, -0.2) is 35.0 Å². The van der Waals surface area contributed by atoms with Crippen LogP contribution in [0.5, 0.6) is 11.6 Å². The van der Waals surface area contributed by atoms with E-state index >= 15 is 0 Å². The fourth-order valence-corrected chi connectivity index (χ4v) is 3.67. The molecule has 2 N–H and O–H groups in total. The minimum atomic E-state index is -0.345. The fourth-order valence-electron chi connectivity index (χ4n) is 2.82. The van der Waals surface area contributed by atoms with E-state index < -0.39 is 0 Å². The first-order chi connectivity index (χ1) is 14.6. The largest absolute Gasteiger partial charge is 0.439 e. The highest BCUT2D eigenvalue weighted by Crippen LogP contribution is 2.22. The van der Waals surface area contributed by atoms with Crippen LogP contribution in [0.1, 0.15) is 11.3 Å². The number of halogens is 1. The maximum Gasteiger partial charge on any atom is 0.323 e. The van der Waals surface area contributed by atoms with Crippen LogP contribution in [0.3, 0.4) is 0 Å². The van der Waals surface area contributed by atoms with Gasteiger partial charge in [0.05, 0.1) is 12.1 Å². The molecular weight excluding hydrogens is 409 g/mol. The van der Waals surface area contributed by atoms with Crippen molar-refractivity contribution in [2.24, 2.45) is 0 Å². The van der Waals surface area contributed by atoms with Gasteiger partial charge in [0, 0.05) is 37.3 Å². The van der Waals surface area contributed by atoms with Crippen LogP contribution in [0.2, 0.25) is 0 Å². The van der Waals surface area contributed by atoms with E-state index in [1.54, 1.807) is 28.6 Å². The molecule has 0 atom stereocenters. The van der Waals surface area contributed by atoms with Gasteiger partial charge in [0.25, 0.3) is 0 Å². The molecule has 30 heavy (non-hydrogen) atoms. The summed E-state index contributed by atoms with van der Waals surface area (Å²) < 4.78 is 18.6. The summed E-state index contributed by atoms with van der Waals surface area (Å²) in [7, 11) is 0. The molecule has 154 valence electrons. The highest BCUT2D eigenvalue weighted by molar-refractivity contribution is 7.14. The average Bonchev–Trinajstić information content (AvgIpc) is 3.37. The van der Waals surface area contributed by atoms with E-state index in [2.05, 4.69) is 20.6 Å². The predicted molar refractivity (Wildman–Crippen MR) is 109 cm³/mol. The lowest BCUT2D eigenvalue weighted by molar-refractivity contribution is -0.120. The first-order valence-electron chi connectivity index (χ1n) is 9.21. The minimum Gasteiger partial charge on any atom is -0.439 e. The van der Waals surface area contributed by atoms with Gasteiger partial charge in [-0.1, -0.05) is 0 Å². The van der Waals surface area contributed by atoms with E-state index in [1.807, 2.05) is 0 Å². The summed E-state index contributed by atoms with van der Waals surface area (Å²) in [6, 6.07) is 8.94. The van der Waals surface area contributed by atoms with Crippen LogP contribution in [0, 0.1) is 5.82 Å². The first-order valence-corrected chi connectivity index (χ1v) is 10.1. The van der Waals surface area contributed by atoms with Crippen LogP contribution in [0.25, 0.3) is 0 Å². The first kappa shape index (κ1) is 19.8. The number of nitrogens with zero attached hydrogens (tertiary/aromatic N) is 3. The zero-order valence-corrected chi connectivity index (χ0v) is 16.6. The van der Waals surface area contributed by atoms with Crippen molar-refractivity contribution in [3.63, 3.8) is 0 Å². The van der Waals surface area contributed by atoms with Crippen molar-refractivity contribution >= 4 is 28.4 Å². The number of carbonyl (C=O) groups is 2. The minimum absolute atomic E-state index is 0.121. The molecule has 8 nitrogen and oxygen atoms in total. The number of aromatic nitrogens is 2. The Morgan fingerprint density at radius 1 is 1.30 bits per heavy atom. The standard InChI is InChI=1S/C20H18FN5O3S/c21-14-1-3-16(4-2-14)29-18-9-13(5-6-22-18)11-24-17(27)10-15-12-30-20(25-15)26-8-7-23-19(26)28/h1-6,9,12H,7-8,10-11H2,(H,23,28)(H,24,27). The Bertz CT molecular complexity index is 1060. The second kappa shape index (κ2) is 8.87. The molecule has 0 radical (unpaired) electrons. The topological polar surface area (TPSA) is 96.5 Å². The van der Waals surface area contributed by atoms with E-state index in [-0.39, 0.29) is 24.2 Å². The highest BCUT2D eigenvalue weighted by atomic mass is 32.1. The fraction of sp³-hybridized carbons (Fsp3) is 0.200. The van der Waals surface area contributed by atoms with Crippen molar-refractivity contribution in [1.29, 1.82) is 0 Å². The summed E-state index contributed by atoms with van der Waals surface area (Å²) >= 11 is 1.34. The molecular formula is C20H18FN5O3S. The molecule has 4 rings (SSSR count). The second-order valence-corrected chi connectivity index (χ2v) is 7.35. The molecule has 0 saturated carbocycles. The Labute approximate surface area is 175 Å². The van der Waals surface area contributed by atoms with Crippen molar-refractivity contribution in [2.75, 3.05) is 18.0 Å². The molecule has 1 aliphatic rings. The van der Waals surface area contributed by atoms with Crippen LogP contribution in [0.4, 0.5) is 14.3 Å². The molecule has 0 spiro atoms. The number of hydrogen-bond donors (Lipinski definition) is 2. The van der Waals surface area contributed by atoms with Gasteiger partial charge in [-0.3, -0.25) is 9.69 Å². The third-order valence-electron chi connectivity index (χ3n) is 4.29. The molecule has 3 aromatic rings. The van der Waals surface area contributed by atoms with E-state index in [0.717, 1.165) is 5.56 Å². The molecule has 1 aromatic carbocycles. The Morgan fingerprint density at radius 2 is 2.13 bits per heavy atom. The predicted octanol–water partition coefficient (Wildman–Crippen LogP) is 2.86. The number of anilines is 1. The number of amides is 3. The van der Waals surface area contributed by atoms with E-state index in [9.17, 15) is 14.0 Å². The van der Waals surface area contributed by atoms with Crippen molar-refractivity contribution in [3.05, 3.63) is 65.0 Å². The van der Waals surface area contributed by atoms with Crippen LogP contribution < -0.4 is 20.3 Å². The van der Waals surface area contributed by atoms with Gasteiger partial charge in [0.2, 0.25) is 11.8 Å². The van der Waals surface area contributed by atoms with Crippen molar-refractivity contribution in [3.8, 4) is 11.6 Å². The quantitative estimate of drug-likeness (QED) is 0.605. The lowest BCUT2D eigenvalue weighted by Gasteiger charge is -2.09. The molecule has 1 saturated heterocycles. The van der Waals surface area contributed by atoms with Gasteiger partial charge in [-0.2, -0.15) is 0 Å². The summed E-state index contributed by atoms with van der Waals surface area (Å²) in [5, 5.41) is 7.92. The van der Waals surface area contributed by atoms with Crippen LogP contribution in [0.15, 0.2) is 48.0 Å². The summed E-state index contributed by atoms with van der Waals surface area (Å²) in [6.07, 6.45) is 1.70. The lowest BCUT2D eigenvalue weighted by Crippen LogP contribution is -2.27. The Hall–Kier alpha value is -3.53. The average molecular weight is 427 g/mol. The number of nitrogens with one attached hydrogen (secondary N) is 2. The van der Waals surface area contributed by atoms with Gasteiger partial charge in [-0.15, -0.1) is 11.3 Å². The monoisotopic (exact) mass is 427 g/mol.